The molecule has 1 atom stereocenters. The molecule has 0 unspecified atom stereocenters. The zero-order valence-electron chi connectivity index (χ0n) is 26.1. The molecule has 236 valence electrons. The molecule has 5 aromatic rings. The Bertz CT molecular complexity index is 2020. The Balaban J connectivity index is 1.15. The monoisotopic (exact) mass is 639 g/mol. The second-order valence-electron chi connectivity index (χ2n) is 12.6. The number of fused-ring (bicyclic) bond motifs is 3. The first kappa shape index (κ1) is 31.2. The highest BCUT2D eigenvalue weighted by Crippen LogP contribution is 2.36. The Morgan fingerprint density at radius 2 is 1.85 bits per heavy atom. The number of carbonyl (C=O) groups excluding carboxylic acids is 1. The van der Waals surface area contributed by atoms with Crippen LogP contribution in [0.4, 0.5) is 9.18 Å². The lowest BCUT2D eigenvalue weighted by Gasteiger charge is -2.33. The topological polar surface area (TPSA) is 110 Å². The third kappa shape index (κ3) is 6.44. The van der Waals surface area contributed by atoms with Gasteiger partial charge in [-0.1, -0.05) is 18.2 Å². The molecular weight excluding hydrogens is 605 g/mol. The van der Waals surface area contributed by atoms with Gasteiger partial charge in [0.05, 0.1) is 36.7 Å². The van der Waals surface area contributed by atoms with Gasteiger partial charge in [0.1, 0.15) is 10.4 Å². The number of halogens is 1. The predicted octanol–water partition coefficient (Wildman–Crippen LogP) is 7.32. The van der Waals surface area contributed by atoms with Crippen molar-refractivity contribution in [2.45, 2.75) is 52.2 Å². The number of thiophene rings is 1. The molecule has 4 heterocycles. The zero-order valence-corrected chi connectivity index (χ0v) is 26.9. The Labute approximate surface area is 269 Å². The number of carbonyl (C=O) groups is 1. The fourth-order valence-electron chi connectivity index (χ4n) is 5.69. The molecule has 3 aromatic heterocycles. The number of hydrogen-bond donors (Lipinski definition) is 0. The third-order valence-electron chi connectivity index (χ3n) is 8.14. The van der Waals surface area contributed by atoms with Crippen LogP contribution in [0, 0.1) is 23.1 Å². The van der Waals surface area contributed by atoms with E-state index in [1.165, 1.54) is 22.0 Å². The highest BCUT2D eigenvalue weighted by atomic mass is 32.1. The van der Waals surface area contributed by atoms with Crippen LogP contribution in [0.2, 0.25) is 0 Å². The van der Waals surface area contributed by atoms with Crippen molar-refractivity contribution in [3.63, 3.8) is 0 Å². The molecule has 0 N–H and O–H groups in total. The van der Waals surface area contributed by atoms with E-state index < -0.39 is 23.0 Å². The summed E-state index contributed by atoms with van der Waals surface area (Å²) in [6.07, 6.45) is 4.66. The predicted molar refractivity (Wildman–Crippen MR) is 176 cm³/mol. The highest BCUT2D eigenvalue weighted by molar-refractivity contribution is 7.25. The van der Waals surface area contributed by atoms with Crippen LogP contribution in [0.15, 0.2) is 65.7 Å². The lowest BCUT2D eigenvalue weighted by molar-refractivity contribution is 0.0165. The number of likely N-dealkylation sites (tertiary alicyclic amines) is 1. The van der Waals surface area contributed by atoms with Crippen LogP contribution in [0.1, 0.15) is 57.7 Å². The maximum atomic E-state index is 15.0. The smallest absolute Gasteiger partial charge is 0.410 e. The number of ether oxygens (including phenoxy) is 2. The molecule has 0 saturated carbocycles. The van der Waals surface area contributed by atoms with Crippen LogP contribution in [0.5, 0.6) is 5.75 Å². The minimum Gasteiger partial charge on any atom is -0.490 e. The number of aromatic nitrogens is 3. The van der Waals surface area contributed by atoms with Crippen molar-refractivity contribution < 1.29 is 18.7 Å². The van der Waals surface area contributed by atoms with E-state index in [9.17, 15) is 19.2 Å². The molecule has 1 aliphatic rings. The van der Waals surface area contributed by atoms with Gasteiger partial charge >= 0.3 is 6.09 Å². The highest BCUT2D eigenvalue weighted by Gasteiger charge is 2.27. The summed E-state index contributed by atoms with van der Waals surface area (Å²) >= 11 is 1.40. The molecule has 6 rings (SSSR count). The fourth-order valence-corrected chi connectivity index (χ4v) is 6.93. The molecule has 1 amide bonds. The van der Waals surface area contributed by atoms with E-state index in [0.717, 1.165) is 34.1 Å². The van der Waals surface area contributed by atoms with Crippen molar-refractivity contribution in [2.24, 2.45) is 5.92 Å². The fraction of sp³-hybridized carbons (Fsp3) is 0.343. The van der Waals surface area contributed by atoms with Gasteiger partial charge in [0, 0.05) is 34.1 Å². The molecule has 1 fully saturated rings. The molecule has 1 aliphatic heterocycles. The van der Waals surface area contributed by atoms with Crippen molar-refractivity contribution in [3.05, 3.63) is 88.2 Å². The summed E-state index contributed by atoms with van der Waals surface area (Å²) in [6.45, 7) is 9.22. The summed E-state index contributed by atoms with van der Waals surface area (Å²) in [7, 11) is 0. The van der Waals surface area contributed by atoms with E-state index in [1.54, 1.807) is 29.4 Å². The quantitative estimate of drug-likeness (QED) is 0.191. The molecule has 0 bridgehead atoms. The number of nitriles is 1. The van der Waals surface area contributed by atoms with E-state index in [2.05, 4.69) is 16.0 Å². The number of pyridine rings is 1. The van der Waals surface area contributed by atoms with Crippen molar-refractivity contribution >= 4 is 37.7 Å². The second kappa shape index (κ2) is 12.5. The zero-order chi connectivity index (χ0) is 32.6. The SMILES string of the molecule is C[C@@H](c1cccc(-c2ncc(OCC3CCN(C(=O)OC(C)(C)C)CC3)cn2)c1)n1c(=O)c(F)cc2c3cc(C#N)ccc3sc21. The molecule has 9 nitrogen and oxygen atoms in total. The van der Waals surface area contributed by atoms with Gasteiger partial charge in [-0.3, -0.25) is 9.36 Å². The average molecular weight is 640 g/mol. The van der Waals surface area contributed by atoms with Gasteiger partial charge in [-0.2, -0.15) is 5.26 Å². The number of piperidine rings is 1. The summed E-state index contributed by atoms with van der Waals surface area (Å²) in [4.78, 5) is 36.9. The minimum absolute atomic E-state index is 0.277. The van der Waals surface area contributed by atoms with E-state index in [0.29, 0.717) is 53.0 Å². The molecular formula is C35H34FN5O4S. The molecule has 1 saturated heterocycles. The van der Waals surface area contributed by atoms with Crippen LogP contribution < -0.4 is 10.3 Å². The standard InChI is InChI=1S/C35H34FN5O4S/c1-21(41-32(42)29(36)16-28-27-14-23(17-37)8-9-30(27)46-33(28)41)24-6-5-7-25(15-24)31-38-18-26(19-39-31)44-20-22-10-12-40(13-11-22)34(43)45-35(2,3)4/h5-9,14-16,18-19,21-22H,10-13,20H2,1-4H3/t21-/m0/s1. The molecule has 0 aliphatic carbocycles. The van der Waals surface area contributed by atoms with Gasteiger partial charge in [0.2, 0.25) is 0 Å². The summed E-state index contributed by atoms with van der Waals surface area (Å²) in [5.41, 5.74) is 0.805. The van der Waals surface area contributed by atoms with Gasteiger partial charge in [-0.05, 0) is 82.3 Å². The first-order valence-electron chi connectivity index (χ1n) is 15.2. The maximum Gasteiger partial charge on any atom is 0.410 e. The van der Waals surface area contributed by atoms with E-state index in [1.807, 2.05) is 58.0 Å². The Morgan fingerprint density at radius 1 is 1.11 bits per heavy atom. The molecule has 11 heteroatoms. The lowest BCUT2D eigenvalue weighted by atomic mass is 9.98. The Morgan fingerprint density at radius 3 is 2.54 bits per heavy atom. The minimum atomic E-state index is -0.843. The van der Waals surface area contributed by atoms with Crippen LogP contribution in [0.25, 0.3) is 31.7 Å². The average Bonchev–Trinajstić information content (AvgIpc) is 3.40. The third-order valence-corrected chi connectivity index (χ3v) is 9.33. The van der Waals surface area contributed by atoms with Crippen LogP contribution >= 0.6 is 11.3 Å². The molecule has 46 heavy (non-hydrogen) atoms. The first-order chi connectivity index (χ1) is 22.0. The van der Waals surface area contributed by atoms with Crippen molar-refractivity contribution in [1.82, 2.24) is 19.4 Å². The molecule has 2 aromatic carbocycles. The normalized spacial score (nSPS) is 14.7. The van der Waals surface area contributed by atoms with Gasteiger partial charge < -0.3 is 14.4 Å². The first-order valence-corrected chi connectivity index (χ1v) is 16.0. The largest absolute Gasteiger partial charge is 0.490 e. The number of benzene rings is 2. The van der Waals surface area contributed by atoms with Crippen molar-refractivity contribution in [1.29, 1.82) is 5.26 Å². The van der Waals surface area contributed by atoms with Gasteiger partial charge in [0.15, 0.2) is 17.4 Å². The number of amides is 1. The summed E-state index contributed by atoms with van der Waals surface area (Å²) in [6, 6.07) is 15.7. The molecule has 0 spiro atoms. The Kier molecular flexibility index (Phi) is 8.49. The number of nitrogens with zero attached hydrogens (tertiary/aromatic N) is 5. The Hall–Kier alpha value is -4.82. The lowest BCUT2D eigenvalue weighted by Crippen LogP contribution is -2.42. The molecule has 0 radical (unpaired) electrons. The van der Waals surface area contributed by atoms with E-state index in [-0.39, 0.29) is 6.09 Å². The number of hydrogen-bond acceptors (Lipinski definition) is 8. The maximum absolute atomic E-state index is 15.0. The van der Waals surface area contributed by atoms with Gasteiger partial charge in [-0.15, -0.1) is 11.3 Å². The van der Waals surface area contributed by atoms with E-state index in [4.69, 9.17) is 9.47 Å². The summed E-state index contributed by atoms with van der Waals surface area (Å²) < 4.78 is 28.8. The van der Waals surface area contributed by atoms with Crippen molar-refractivity contribution in [2.75, 3.05) is 19.7 Å². The number of rotatable bonds is 6. The van der Waals surface area contributed by atoms with Crippen molar-refractivity contribution in [3.8, 4) is 23.2 Å². The van der Waals surface area contributed by atoms with Gasteiger partial charge in [0.25, 0.3) is 5.56 Å². The van der Waals surface area contributed by atoms with Crippen LogP contribution in [-0.4, -0.2) is 50.8 Å². The summed E-state index contributed by atoms with van der Waals surface area (Å²) in [5.74, 6) is 0.518. The van der Waals surface area contributed by atoms with E-state index >= 15 is 0 Å². The van der Waals surface area contributed by atoms with Gasteiger partial charge in [-0.25, -0.2) is 19.2 Å². The van der Waals surface area contributed by atoms with Crippen LogP contribution in [-0.2, 0) is 4.74 Å². The second-order valence-corrected chi connectivity index (χ2v) is 13.6. The van der Waals surface area contributed by atoms with Crippen LogP contribution in [0.3, 0.4) is 0 Å². The summed E-state index contributed by atoms with van der Waals surface area (Å²) in [5, 5.41) is 10.7.